The molecule has 2 aliphatic heterocycles. The Hall–Kier alpha value is -4.09. The van der Waals surface area contributed by atoms with Crippen LogP contribution in [0.2, 0.25) is 0 Å². The number of aliphatic carboxylic acids is 2. The number of aromatic nitrogens is 2. The van der Waals surface area contributed by atoms with E-state index in [1.165, 1.54) is 5.56 Å². The third-order valence-electron chi connectivity index (χ3n) is 6.49. The van der Waals surface area contributed by atoms with Crippen LogP contribution in [0.3, 0.4) is 0 Å². The summed E-state index contributed by atoms with van der Waals surface area (Å²) in [5.41, 5.74) is 2.49. The van der Waals surface area contributed by atoms with Crippen molar-refractivity contribution >= 4 is 29.2 Å². The molecule has 1 spiro atoms. The van der Waals surface area contributed by atoms with Gasteiger partial charge in [-0.15, -0.1) is 0 Å². The van der Waals surface area contributed by atoms with Gasteiger partial charge in [0.15, 0.2) is 5.60 Å². The molecule has 0 saturated carbocycles. The lowest BCUT2D eigenvalue weighted by Crippen LogP contribution is -2.59. The second kappa shape index (κ2) is 14.6. The first kappa shape index (κ1) is 34.4. The lowest BCUT2D eigenvalue weighted by Gasteiger charge is -2.42. The van der Waals surface area contributed by atoms with Gasteiger partial charge < -0.3 is 19.8 Å². The molecule has 2 N–H and O–H groups in total. The average molecular weight is 649 g/mol. The van der Waals surface area contributed by atoms with E-state index in [0.717, 1.165) is 24.2 Å². The third-order valence-corrected chi connectivity index (χ3v) is 7.22. The molecule has 238 valence electrons. The number of carboxylic acid groups (broad SMARTS) is 2. The number of hydrogen-bond donors (Lipinski definition) is 2. The fourth-order valence-corrected chi connectivity index (χ4v) is 5.29. The van der Waals surface area contributed by atoms with Crippen molar-refractivity contribution in [3.63, 3.8) is 0 Å². The summed E-state index contributed by atoms with van der Waals surface area (Å²) in [4.78, 5) is 44.4. The number of hydrogen-bond acceptors (Lipinski definition) is 8. The number of amides is 1. The van der Waals surface area contributed by atoms with Crippen LogP contribution in [0.25, 0.3) is 0 Å². The van der Waals surface area contributed by atoms with Gasteiger partial charge in [-0.1, -0.05) is 12.1 Å². The fraction of sp³-hybridized carbons (Fsp3) is 0.370. The van der Waals surface area contributed by atoms with E-state index >= 15 is 0 Å². The first-order valence-corrected chi connectivity index (χ1v) is 13.6. The molecule has 2 fully saturated rings. The van der Waals surface area contributed by atoms with Crippen molar-refractivity contribution in [2.75, 3.05) is 26.2 Å². The van der Waals surface area contributed by atoms with Crippen molar-refractivity contribution in [2.45, 2.75) is 37.0 Å². The molecule has 1 amide bonds. The van der Waals surface area contributed by atoms with E-state index in [1.54, 1.807) is 23.7 Å². The van der Waals surface area contributed by atoms with Gasteiger partial charge in [-0.25, -0.2) is 9.59 Å². The molecule has 2 aliphatic rings. The van der Waals surface area contributed by atoms with Crippen molar-refractivity contribution in [3.8, 4) is 0 Å². The van der Waals surface area contributed by atoms with Crippen molar-refractivity contribution in [1.29, 1.82) is 0 Å². The highest BCUT2D eigenvalue weighted by Crippen LogP contribution is 2.42. The van der Waals surface area contributed by atoms with Crippen LogP contribution >= 0.6 is 11.3 Å². The summed E-state index contributed by atoms with van der Waals surface area (Å²) >= 11 is 1.66. The summed E-state index contributed by atoms with van der Waals surface area (Å²) < 4.78 is 69.8. The molecule has 44 heavy (non-hydrogen) atoms. The first-order chi connectivity index (χ1) is 20.6. The lowest BCUT2D eigenvalue weighted by atomic mass is 9.83. The summed E-state index contributed by atoms with van der Waals surface area (Å²) in [5, 5.41) is 18.4. The Morgan fingerprint density at radius 1 is 0.955 bits per heavy atom. The molecule has 5 rings (SSSR count). The zero-order chi connectivity index (χ0) is 32.5. The third kappa shape index (κ3) is 9.20. The maximum Gasteiger partial charge on any atom is 0.490 e. The predicted molar refractivity (Wildman–Crippen MR) is 142 cm³/mol. The monoisotopic (exact) mass is 648 g/mol. The van der Waals surface area contributed by atoms with Crippen LogP contribution in [0.1, 0.15) is 22.6 Å². The number of likely N-dealkylation sites (tertiary alicyclic amines) is 1. The summed E-state index contributed by atoms with van der Waals surface area (Å²) in [6, 6.07) is 10.1. The standard InChI is InChI=1S/C23H24N4O2S.2C2HF3O2/c28-22-23(29-9-8-27(22)14-19-5-10-30-16-19)17-26(13-18-3-1-6-24-11-18)15-21(23)20-4-2-7-25-12-20;2*3-2(4,5)1(6)7/h1-7,10-12,16,21H,8-9,13-15,17H2;2*(H,6,7). The first-order valence-electron chi connectivity index (χ1n) is 12.7. The molecule has 5 heterocycles. The average Bonchev–Trinajstić information content (AvgIpc) is 3.60. The number of morpholine rings is 1. The minimum Gasteiger partial charge on any atom is -0.475 e. The topological polar surface area (TPSA) is 133 Å². The Bertz CT molecular complexity index is 1350. The van der Waals surface area contributed by atoms with E-state index in [1.807, 2.05) is 29.4 Å². The molecule has 0 aliphatic carbocycles. The summed E-state index contributed by atoms with van der Waals surface area (Å²) in [5.74, 6) is -5.48. The molecule has 2 unspecified atom stereocenters. The van der Waals surface area contributed by atoms with Crippen LogP contribution in [-0.4, -0.2) is 92.0 Å². The van der Waals surface area contributed by atoms with Gasteiger partial charge in [-0.2, -0.15) is 37.7 Å². The van der Waals surface area contributed by atoms with Crippen LogP contribution in [0.5, 0.6) is 0 Å². The van der Waals surface area contributed by atoms with Gasteiger partial charge in [-0.05, 0) is 45.6 Å². The van der Waals surface area contributed by atoms with Gasteiger partial charge in [0.25, 0.3) is 5.91 Å². The molecule has 3 aromatic heterocycles. The highest BCUT2D eigenvalue weighted by molar-refractivity contribution is 7.07. The van der Waals surface area contributed by atoms with Crippen molar-refractivity contribution in [1.82, 2.24) is 19.8 Å². The maximum absolute atomic E-state index is 13.8. The van der Waals surface area contributed by atoms with Crippen LogP contribution in [-0.2, 0) is 32.2 Å². The van der Waals surface area contributed by atoms with Gasteiger partial charge in [0.05, 0.1) is 6.61 Å². The van der Waals surface area contributed by atoms with Gasteiger partial charge in [-0.3, -0.25) is 19.7 Å². The van der Waals surface area contributed by atoms with E-state index in [4.69, 9.17) is 24.5 Å². The summed E-state index contributed by atoms with van der Waals surface area (Å²) in [6.45, 7) is 3.87. The molecule has 3 aromatic rings. The zero-order valence-electron chi connectivity index (χ0n) is 22.7. The lowest BCUT2D eigenvalue weighted by molar-refractivity contribution is -0.193. The maximum atomic E-state index is 13.8. The van der Waals surface area contributed by atoms with Crippen molar-refractivity contribution in [3.05, 3.63) is 82.6 Å². The number of carbonyl (C=O) groups excluding carboxylic acids is 1. The van der Waals surface area contributed by atoms with Crippen molar-refractivity contribution < 1.29 is 55.7 Å². The molecule has 2 atom stereocenters. The van der Waals surface area contributed by atoms with E-state index in [9.17, 15) is 31.1 Å². The number of halogens is 6. The molecule has 0 aromatic carbocycles. The molecule has 10 nitrogen and oxygen atoms in total. The van der Waals surface area contributed by atoms with Gasteiger partial charge in [0, 0.05) is 63.4 Å². The number of alkyl halides is 6. The predicted octanol–water partition coefficient (Wildman–Crippen LogP) is 4.20. The second-order valence-corrected chi connectivity index (χ2v) is 10.4. The second-order valence-electron chi connectivity index (χ2n) is 9.57. The van der Waals surface area contributed by atoms with E-state index in [0.29, 0.717) is 26.2 Å². The van der Waals surface area contributed by atoms with E-state index in [2.05, 4.69) is 43.8 Å². The zero-order valence-corrected chi connectivity index (χ0v) is 23.5. The number of nitrogens with zero attached hydrogens (tertiary/aromatic N) is 4. The van der Waals surface area contributed by atoms with Gasteiger partial charge in [0.1, 0.15) is 0 Å². The number of rotatable bonds is 5. The largest absolute Gasteiger partial charge is 0.490 e. The Morgan fingerprint density at radius 2 is 1.57 bits per heavy atom. The minimum atomic E-state index is -5.08. The minimum absolute atomic E-state index is 0.0550. The Labute approximate surface area is 250 Å². The van der Waals surface area contributed by atoms with Crippen molar-refractivity contribution in [2.24, 2.45) is 0 Å². The number of thiophene rings is 1. The quantitative estimate of drug-likeness (QED) is 0.391. The molecule has 0 bridgehead atoms. The van der Waals surface area contributed by atoms with E-state index in [-0.39, 0.29) is 11.8 Å². The normalized spacial score (nSPS) is 20.4. The number of carbonyl (C=O) groups is 3. The molecule has 2 saturated heterocycles. The fourth-order valence-electron chi connectivity index (χ4n) is 4.63. The Morgan fingerprint density at radius 3 is 2.07 bits per heavy atom. The SMILES string of the molecule is O=C(O)C(F)(F)F.O=C(O)C(F)(F)F.O=C1N(Cc2ccsc2)CCOC12CN(Cc1cccnc1)CC2c1cccnc1. The highest BCUT2D eigenvalue weighted by atomic mass is 32.1. The summed E-state index contributed by atoms with van der Waals surface area (Å²) in [6.07, 6.45) is -2.86. The molecular weight excluding hydrogens is 622 g/mol. The number of pyridine rings is 2. The van der Waals surface area contributed by atoms with Crippen LogP contribution in [0.15, 0.2) is 65.9 Å². The number of carboxylic acids is 2. The molecular formula is C27H26F6N4O6S. The van der Waals surface area contributed by atoms with Crippen LogP contribution in [0, 0.1) is 0 Å². The van der Waals surface area contributed by atoms with Gasteiger partial charge in [0.2, 0.25) is 0 Å². The highest BCUT2D eigenvalue weighted by Gasteiger charge is 2.57. The summed E-state index contributed by atoms with van der Waals surface area (Å²) in [7, 11) is 0. The molecule has 0 radical (unpaired) electrons. The smallest absolute Gasteiger partial charge is 0.475 e. The van der Waals surface area contributed by atoms with Crippen LogP contribution in [0.4, 0.5) is 26.3 Å². The number of ether oxygens (including phenoxy) is 1. The molecule has 17 heteroatoms. The Balaban J connectivity index is 0.000000317. The van der Waals surface area contributed by atoms with Crippen LogP contribution < -0.4 is 0 Å². The van der Waals surface area contributed by atoms with Gasteiger partial charge >= 0.3 is 24.3 Å². The van der Waals surface area contributed by atoms with E-state index < -0.39 is 29.9 Å². The Kier molecular flexibility index (Phi) is 11.4.